The van der Waals surface area contributed by atoms with Crippen LogP contribution in [0, 0.1) is 5.82 Å². The Balaban J connectivity index is 1.57. The van der Waals surface area contributed by atoms with Crippen LogP contribution in [0.25, 0.3) is 0 Å². The second-order valence-electron chi connectivity index (χ2n) is 6.87. The van der Waals surface area contributed by atoms with E-state index in [4.69, 9.17) is 0 Å². The van der Waals surface area contributed by atoms with Crippen LogP contribution < -0.4 is 0 Å². The summed E-state index contributed by atoms with van der Waals surface area (Å²) in [5, 5.41) is 10.9. The Morgan fingerprint density at radius 1 is 1.20 bits per heavy atom. The fourth-order valence-corrected chi connectivity index (χ4v) is 3.38. The van der Waals surface area contributed by atoms with Gasteiger partial charge in [-0.2, -0.15) is 0 Å². The zero-order valence-electron chi connectivity index (χ0n) is 14.4. The Morgan fingerprint density at radius 2 is 1.88 bits per heavy atom. The highest BCUT2D eigenvalue weighted by atomic mass is 19.1. The van der Waals surface area contributed by atoms with Gasteiger partial charge < -0.3 is 10.0 Å². The van der Waals surface area contributed by atoms with E-state index in [2.05, 4.69) is 0 Å². The molecule has 3 rings (SSSR count). The number of β-amino-alcohol motifs (C(OH)–C–C–N with tert-alkyl or cyclic N) is 1. The lowest BCUT2D eigenvalue weighted by Crippen LogP contribution is -2.44. The van der Waals surface area contributed by atoms with Gasteiger partial charge in [-0.05, 0) is 43.3 Å². The lowest BCUT2D eigenvalue weighted by molar-refractivity contribution is 0.0163. The number of rotatable bonds is 5. The Hall–Kier alpha value is -2.24. The third-order valence-corrected chi connectivity index (χ3v) is 4.57. The van der Waals surface area contributed by atoms with Crippen molar-refractivity contribution < 1.29 is 14.3 Å². The Labute approximate surface area is 147 Å². The van der Waals surface area contributed by atoms with Gasteiger partial charge in [0, 0.05) is 25.2 Å². The number of hydrogen-bond donors (Lipinski definition) is 1. The first-order valence-electron chi connectivity index (χ1n) is 8.45. The van der Waals surface area contributed by atoms with Gasteiger partial charge in [0.05, 0.1) is 12.1 Å². The normalized spacial score (nSPS) is 20.2. The standard InChI is InChI=1S/C20H23FN2O2/c1-22(13-16-7-9-18(21)10-8-16)14-20(25)11-12-23(15-20)19(24)17-5-3-2-4-6-17/h2-10,25H,11-15H2,1H3/t20-/m0/s1. The molecule has 2 aromatic rings. The van der Waals surface area contributed by atoms with Crippen LogP contribution in [0.5, 0.6) is 0 Å². The van der Waals surface area contributed by atoms with Crippen LogP contribution in [0.15, 0.2) is 54.6 Å². The third kappa shape index (κ3) is 4.44. The molecule has 2 aromatic carbocycles. The van der Waals surface area contributed by atoms with Gasteiger partial charge in [0.1, 0.15) is 5.82 Å². The van der Waals surface area contributed by atoms with Crippen LogP contribution in [-0.4, -0.2) is 53.1 Å². The zero-order valence-corrected chi connectivity index (χ0v) is 14.4. The SMILES string of the molecule is CN(Cc1ccc(F)cc1)C[C@@]1(O)CCN(C(=O)c2ccccc2)C1. The number of carbonyl (C=O) groups is 1. The molecule has 1 saturated heterocycles. The van der Waals surface area contributed by atoms with Crippen molar-refractivity contribution in [2.75, 3.05) is 26.7 Å². The molecule has 0 aromatic heterocycles. The summed E-state index contributed by atoms with van der Waals surface area (Å²) in [5.74, 6) is -0.298. The van der Waals surface area contributed by atoms with E-state index in [1.165, 1.54) is 12.1 Å². The lowest BCUT2D eigenvalue weighted by Gasteiger charge is -2.29. The third-order valence-electron chi connectivity index (χ3n) is 4.57. The fraction of sp³-hybridized carbons (Fsp3) is 0.350. The van der Waals surface area contributed by atoms with Gasteiger partial charge in [-0.15, -0.1) is 0 Å². The van der Waals surface area contributed by atoms with E-state index in [0.29, 0.717) is 38.2 Å². The van der Waals surface area contributed by atoms with Crippen molar-refractivity contribution in [2.24, 2.45) is 0 Å². The molecule has 0 unspecified atom stereocenters. The second-order valence-corrected chi connectivity index (χ2v) is 6.87. The molecule has 1 heterocycles. The summed E-state index contributed by atoms with van der Waals surface area (Å²) < 4.78 is 13.0. The average molecular weight is 342 g/mol. The molecular weight excluding hydrogens is 319 g/mol. The molecule has 0 spiro atoms. The molecule has 0 radical (unpaired) electrons. The van der Waals surface area contributed by atoms with Crippen molar-refractivity contribution >= 4 is 5.91 Å². The number of halogens is 1. The highest BCUT2D eigenvalue weighted by Crippen LogP contribution is 2.24. The van der Waals surface area contributed by atoms with Crippen LogP contribution in [0.2, 0.25) is 0 Å². The molecule has 132 valence electrons. The van der Waals surface area contributed by atoms with E-state index >= 15 is 0 Å². The average Bonchev–Trinajstić information content (AvgIpc) is 2.98. The number of likely N-dealkylation sites (tertiary alicyclic amines) is 1. The molecule has 1 N–H and O–H groups in total. The van der Waals surface area contributed by atoms with Crippen molar-refractivity contribution in [1.82, 2.24) is 9.80 Å². The van der Waals surface area contributed by atoms with Gasteiger partial charge in [-0.25, -0.2) is 4.39 Å². The topological polar surface area (TPSA) is 43.8 Å². The maximum atomic E-state index is 13.0. The predicted molar refractivity (Wildman–Crippen MR) is 94.6 cm³/mol. The van der Waals surface area contributed by atoms with Gasteiger partial charge in [0.25, 0.3) is 5.91 Å². The minimum atomic E-state index is -0.917. The number of amides is 1. The largest absolute Gasteiger partial charge is 0.387 e. The van der Waals surface area contributed by atoms with Crippen molar-refractivity contribution in [3.05, 3.63) is 71.5 Å². The quantitative estimate of drug-likeness (QED) is 0.908. The molecule has 4 nitrogen and oxygen atoms in total. The molecule has 0 bridgehead atoms. The predicted octanol–water partition coefficient (Wildman–Crippen LogP) is 2.53. The maximum absolute atomic E-state index is 13.0. The Kier molecular flexibility index (Phi) is 5.16. The molecule has 0 aliphatic carbocycles. The highest BCUT2D eigenvalue weighted by molar-refractivity contribution is 5.94. The summed E-state index contributed by atoms with van der Waals surface area (Å²) >= 11 is 0. The zero-order chi connectivity index (χ0) is 17.9. The first kappa shape index (κ1) is 17.6. The highest BCUT2D eigenvalue weighted by Gasteiger charge is 2.39. The molecule has 5 heteroatoms. The summed E-state index contributed by atoms with van der Waals surface area (Å²) in [6, 6.07) is 15.5. The first-order valence-corrected chi connectivity index (χ1v) is 8.45. The van der Waals surface area contributed by atoms with Crippen LogP contribution in [0.3, 0.4) is 0 Å². The number of aliphatic hydroxyl groups is 1. The summed E-state index contributed by atoms with van der Waals surface area (Å²) in [5.41, 5.74) is 0.716. The summed E-state index contributed by atoms with van der Waals surface area (Å²) in [7, 11) is 1.92. The number of carbonyl (C=O) groups excluding carboxylic acids is 1. The van der Waals surface area contributed by atoms with Gasteiger partial charge in [-0.1, -0.05) is 30.3 Å². The van der Waals surface area contributed by atoms with Gasteiger partial charge >= 0.3 is 0 Å². The van der Waals surface area contributed by atoms with E-state index in [1.807, 2.05) is 30.1 Å². The van der Waals surface area contributed by atoms with Crippen LogP contribution in [0.4, 0.5) is 4.39 Å². The summed E-state index contributed by atoms with van der Waals surface area (Å²) in [6.07, 6.45) is 0.555. The summed E-state index contributed by atoms with van der Waals surface area (Å²) in [4.78, 5) is 16.2. The molecule has 1 aliphatic rings. The van der Waals surface area contributed by atoms with Crippen LogP contribution >= 0.6 is 0 Å². The number of hydrogen-bond acceptors (Lipinski definition) is 3. The molecule has 1 aliphatic heterocycles. The minimum Gasteiger partial charge on any atom is -0.387 e. The van der Waals surface area contributed by atoms with E-state index < -0.39 is 5.60 Å². The minimum absolute atomic E-state index is 0.0438. The molecule has 0 saturated carbocycles. The molecule has 25 heavy (non-hydrogen) atoms. The summed E-state index contributed by atoms with van der Waals surface area (Å²) in [6.45, 7) is 1.96. The molecule has 1 amide bonds. The van der Waals surface area contributed by atoms with E-state index in [1.54, 1.807) is 29.2 Å². The number of likely N-dealkylation sites (N-methyl/N-ethyl adjacent to an activating group) is 1. The van der Waals surface area contributed by atoms with Crippen molar-refractivity contribution in [3.8, 4) is 0 Å². The molecular formula is C20H23FN2O2. The van der Waals surface area contributed by atoms with E-state index in [-0.39, 0.29) is 11.7 Å². The lowest BCUT2D eigenvalue weighted by atomic mass is 10.0. The van der Waals surface area contributed by atoms with Gasteiger partial charge in [-0.3, -0.25) is 9.69 Å². The molecule has 1 atom stereocenters. The Bertz CT molecular complexity index is 720. The number of benzene rings is 2. The first-order chi connectivity index (χ1) is 12.0. The van der Waals surface area contributed by atoms with Crippen molar-refractivity contribution in [1.29, 1.82) is 0 Å². The smallest absolute Gasteiger partial charge is 0.253 e. The number of nitrogens with zero attached hydrogens (tertiary/aromatic N) is 2. The van der Waals surface area contributed by atoms with Crippen molar-refractivity contribution in [3.63, 3.8) is 0 Å². The van der Waals surface area contributed by atoms with E-state index in [9.17, 15) is 14.3 Å². The van der Waals surface area contributed by atoms with Gasteiger partial charge in [0.2, 0.25) is 0 Å². The maximum Gasteiger partial charge on any atom is 0.253 e. The van der Waals surface area contributed by atoms with Gasteiger partial charge in [0.15, 0.2) is 0 Å². The van der Waals surface area contributed by atoms with Crippen molar-refractivity contribution in [2.45, 2.75) is 18.6 Å². The second kappa shape index (κ2) is 7.33. The van der Waals surface area contributed by atoms with Crippen LogP contribution in [-0.2, 0) is 6.54 Å². The monoisotopic (exact) mass is 342 g/mol. The fourth-order valence-electron chi connectivity index (χ4n) is 3.38. The molecule has 1 fully saturated rings. The van der Waals surface area contributed by atoms with E-state index in [0.717, 1.165) is 5.56 Å². The Morgan fingerprint density at radius 3 is 2.56 bits per heavy atom. The van der Waals surface area contributed by atoms with Crippen LogP contribution in [0.1, 0.15) is 22.3 Å².